The van der Waals surface area contributed by atoms with Crippen LogP contribution in [-0.4, -0.2) is 41.2 Å². The average molecular weight is 329 g/mol. The van der Waals surface area contributed by atoms with E-state index in [9.17, 15) is 0 Å². The molecule has 3 heterocycles. The van der Waals surface area contributed by atoms with Gasteiger partial charge in [-0.2, -0.15) is 0 Å². The number of aromatic nitrogens is 6. The van der Waals surface area contributed by atoms with Gasteiger partial charge in [0.05, 0.1) is 24.3 Å². The van der Waals surface area contributed by atoms with Crippen LogP contribution in [0.2, 0.25) is 0 Å². The van der Waals surface area contributed by atoms with E-state index < -0.39 is 0 Å². The molecule has 1 atom stereocenters. The van der Waals surface area contributed by atoms with Crippen LogP contribution in [-0.2, 0) is 26.4 Å². The van der Waals surface area contributed by atoms with Gasteiger partial charge in [0.2, 0.25) is 0 Å². The van der Waals surface area contributed by atoms with Crippen molar-refractivity contribution < 1.29 is 0 Å². The molecule has 0 spiro atoms. The van der Waals surface area contributed by atoms with Gasteiger partial charge < -0.3 is 4.57 Å². The van der Waals surface area contributed by atoms with E-state index in [1.807, 2.05) is 4.68 Å². The summed E-state index contributed by atoms with van der Waals surface area (Å²) in [6.45, 7) is 6.13. The molecule has 0 radical (unpaired) electrons. The molecule has 0 bridgehead atoms. The first kappa shape index (κ1) is 15.7. The normalized spacial score (nSPS) is 21.6. The van der Waals surface area contributed by atoms with Gasteiger partial charge in [-0.25, -0.2) is 9.67 Å². The highest BCUT2D eigenvalue weighted by atomic mass is 15.6. The number of imidazole rings is 1. The van der Waals surface area contributed by atoms with E-state index in [1.165, 1.54) is 49.3 Å². The molecule has 1 saturated heterocycles. The number of rotatable bonds is 4. The molecule has 24 heavy (non-hydrogen) atoms. The van der Waals surface area contributed by atoms with Gasteiger partial charge in [0.15, 0.2) is 5.82 Å². The summed E-state index contributed by atoms with van der Waals surface area (Å²) in [6.07, 6.45) is 7.28. The molecule has 130 valence electrons. The van der Waals surface area contributed by atoms with Gasteiger partial charge >= 0.3 is 0 Å². The molecule has 1 aliphatic heterocycles. The molecule has 0 amide bonds. The van der Waals surface area contributed by atoms with Crippen molar-refractivity contribution >= 4 is 0 Å². The number of fused-ring (bicyclic) bond motifs is 1. The van der Waals surface area contributed by atoms with E-state index in [-0.39, 0.29) is 6.04 Å². The molecular weight excluding hydrogens is 302 g/mol. The molecule has 0 aromatic carbocycles. The lowest BCUT2D eigenvalue weighted by atomic mass is 10.0. The third-order valence-corrected chi connectivity index (χ3v) is 5.46. The monoisotopic (exact) mass is 329 g/mol. The Morgan fingerprint density at radius 2 is 2.00 bits per heavy atom. The van der Waals surface area contributed by atoms with Gasteiger partial charge in [-0.15, -0.1) is 5.10 Å². The van der Waals surface area contributed by atoms with Crippen molar-refractivity contribution in [3.63, 3.8) is 0 Å². The Morgan fingerprint density at radius 1 is 1.17 bits per heavy atom. The first-order valence-corrected chi connectivity index (χ1v) is 9.20. The molecule has 1 aliphatic carbocycles. The second-order valence-electron chi connectivity index (χ2n) is 7.39. The van der Waals surface area contributed by atoms with Crippen molar-refractivity contribution in [3.8, 4) is 0 Å². The summed E-state index contributed by atoms with van der Waals surface area (Å²) >= 11 is 0. The van der Waals surface area contributed by atoms with E-state index in [0.717, 1.165) is 25.3 Å². The Kier molecular flexibility index (Phi) is 4.12. The van der Waals surface area contributed by atoms with E-state index in [2.05, 4.69) is 45.9 Å². The summed E-state index contributed by atoms with van der Waals surface area (Å²) in [4.78, 5) is 7.53. The largest absolute Gasteiger partial charge is 0.334 e. The van der Waals surface area contributed by atoms with Crippen molar-refractivity contribution in [1.29, 1.82) is 0 Å². The quantitative estimate of drug-likeness (QED) is 0.860. The summed E-state index contributed by atoms with van der Waals surface area (Å²) in [5, 5.41) is 12.3. The molecule has 2 aromatic rings. The second-order valence-corrected chi connectivity index (χ2v) is 7.39. The maximum absolute atomic E-state index is 5.03. The van der Waals surface area contributed by atoms with Crippen LogP contribution < -0.4 is 0 Å². The van der Waals surface area contributed by atoms with Crippen LogP contribution in [0.25, 0.3) is 0 Å². The first-order valence-electron chi connectivity index (χ1n) is 9.20. The highest BCUT2D eigenvalue weighted by molar-refractivity contribution is 5.22. The Bertz CT molecular complexity index is 715. The number of hydrogen-bond acceptors (Lipinski definition) is 5. The molecule has 2 aliphatic rings. The first-order chi connectivity index (χ1) is 11.6. The number of hydrogen-bond donors (Lipinski definition) is 0. The molecule has 0 saturated carbocycles. The van der Waals surface area contributed by atoms with Crippen LogP contribution in [0.15, 0.2) is 0 Å². The predicted molar refractivity (Wildman–Crippen MR) is 90.4 cm³/mol. The van der Waals surface area contributed by atoms with Gasteiger partial charge in [0, 0.05) is 12.7 Å². The van der Waals surface area contributed by atoms with Gasteiger partial charge in [-0.05, 0) is 69.3 Å². The second kappa shape index (κ2) is 6.27. The lowest BCUT2D eigenvalue weighted by Crippen LogP contribution is -2.27. The molecular formula is C17H27N7. The minimum Gasteiger partial charge on any atom is -0.334 e. The molecule has 4 rings (SSSR count). The van der Waals surface area contributed by atoms with Crippen molar-refractivity contribution in [2.75, 3.05) is 6.54 Å². The molecule has 7 heteroatoms. The number of nitrogens with zero attached hydrogens (tertiary/aromatic N) is 7. The summed E-state index contributed by atoms with van der Waals surface area (Å²) in [7, 11) is 2.20. The van der Waals surface area contributed by atoms with Gasteiger partial charge in [0.1, 0.15) is 5.82 Å². The fourth-order valence-corrected chi connectivity index (χ4v) is 4.21. The molecule has 2 aromatic heterocycles. The third kappa shape index (κ3) is 2.64. The van der Waals surface area contributed by atoms with Crippen LogP contribution in [0.3, 0.4) is 0 Å². The minimum absolute atomic E-state index is 0.288. The van der Waals surface area contributed by atoms with Gasteiger partial charge in [-0.3, -0.25) is 4.90 Å². The maximum Gasteiger partial charge on any atom is 0.165 e. The summed E-state index contributed by atoms with van der Waals surface area (Å²) in [6, 6.07) is 0.675. The highest BCUT2D eigenvalue weighted by Crippen LogP contribution is 2.34. The topological polar surface area (TPSA) is 64.7 Å². The van der Waals surface area contributed by atoms with Crippen LogP contribution in [0.4, 0.5) is 0 Å². The van der Waals surface area contributed by atoms with Crippen molar-refractivity contribution in [3.05, 3.63) is 23.0 Å². The zero-order valence-electron chi connectivity index (χ0n) is 14.9. The highest BCUT2D eigenvalue weighted by Gasteiger charge is 2.32. The summed E-state index contributed by atoms with van der Waals surface area (Å²) < 4.78 is 4.29. The van der Waals surface area contributed by atoms with Crippen LogP contribution in [0, 0.1) is 0 Å². The van der Waals surface area contributed by atoms with Crippen LogP contribution >= 0.6 is 0 Å². The summed E-state index contributed by atoms with van der Waals surface area (Å²) in [5.74, 6) is 2.19. The number of aryl methyl sites for hydroxylation is 1. The van der Waals surface area contributed by atoms with Crippen molar-refractivity contribution in [2.24, 2.45) is 7.05 Å². The van der Waals surface area contributed by atoms with Crippen molar-refractivity contribution in [1.82, 2.24) is 34.7 Å². The van der Waals surface area contributed by atoms with Crippen LogP contribution in [0.5, 0.6) is 0 Å². The molecule has 1 fully saturated rings. The lowest BCUT2D eigenvalue weighted by Gasteiger charge is -2.24. The van der Waals surface area contributed by atoms with Crippen molar-refractivity contribution in [2.45, 2.75) is 71.0 Å². The molecule has 0 N–H and O–H groups in total. The smallest absolute Gasteiger partial charge is 0.165 e. The summed E-state index contributed by atoms with van der Waals surface area (Å²) in [5.41, 5.74) is 2.78. The van der Waals surface area contributed by atoms with E-state index in [4.69, 9.17) is 4.98 Å². The van der Waals surface area contributed by atoms with Gasteiger partial charge in [0.25, 0.3) is 0 Å². The number of likely N-dealkylation sites (tertiary alicyclic amines) is 1. The predicted octanol–water partition coefficient (Wildman–Crippen LogP) is 2.20. The maximum atomic E-state index is 5.03. The minimum atomic E-state index is 0.288. The SMILES string of the molecule is CC(C)n1nnnc1CN1CCC[C@H]1c1nc2c(n1C)CCCC2. The molecule has 0 unspecified atom stereocenters. The number of tetrazole rings is 1. The Balaban J connectivity index is 1.59. The van der Waals surface area contributed by atoms with Gasteiger partial charge in [-0.1, -0.05) is 0 Å². The van der Waals surface area contributed by atoms with Crippen LogP contribution in [0.1, 0.15) is 74.7 Å². The zero-order valence-corrected chi connectivity index (χ0v) is 14.9. The van der Waals surface area contributed by atoms with E-state index in [1.54, 1.807) is 0 Å². The third-order valence-electron chi connectivity index (χ3n) is 5.46. The average Bonchev–Trinajstić information content (AvgIpc) is 3.28. The standard InChI is InChI=1S/C17H27N7/c1-12(2)24-16(19-20-21-24)11-23-10-6-9-15(23)17-18-13-7-4-5-8-14(13)22(17)3/h12,15H,4-11H2,1-3H3/t15-/m0/s1. The van der Waals surface area contributed by atoms with E-state index in [0.29, 0.717) is 6.04 Å². The lowest BCUT2D eigenvalue weighted by molar-refractivity contribution is 0.224. The fourth-order valence-electron chi connectivity index (χ4n) is 4.21. The Hall–Kier alpha value is -1.76. The fraction of sp³-hybridized carbons (Fsp3) is 0.765. The zero-order chi connectivity index (χ0) is 16.7. The molecule has 7 nitrogen and oxygen atoms in total. The Morgan fingerprint density at radius 3 is 2.79 bits per heavy atom. The Labute approximate surface area is 143 Å². The van der Waals surface area contributed by atoms with E-state index >= 15 is 0 Å².